The molecule has 0 aliphatic carbocycles. The SMILES string of the molecule is Cc1cccc(N(CCCC(=O)N(Cc2ccc(F)cc2)[C@H](Cc2ccccc2)C(=O)NC(C)C)S(C)(=O)=O)c1. The van der Waals surface area contributed by atoms with Gasteiger partial charge in [-0.15, -0.1) is 0 Å². The van der Waals surface area contributed by atoms with E-state index < -0.39 is 21.9 Å². The van der Waals surface area contributed by atoms with Gasteiger partial charge in [0.2, 0.25) is 21.8 Å². The minimum atomic E-state index is -3.58. The van der Waals surface area contributed by atoms with E-state index in [2.05, 4.69) is 5.32 Å². The number of hydrogen-bond acceptors (Lipinski definition) is 4. The highest BCUT2D eigenvalue weighted by Crippen LogP contribution is 2.21. The molecule has 1 atom stereocenters. The van der Waals surface area contributed by atoms with E-state index in [1.54, 1.807) is 30.3 Å². The molecule has 3 aromatic rings. The van der Waals surface area contributed by atoms with E-state index >= 15 is 0 Å². The number of carbonyl (C=O) groups is 2. The normalized spacial score (nSPS) is 12.2. The highest BCUT2D eigenvalue weighted by atomic mass is 32.2. The molecule has 9 heteroatoms. The number of anilines is 1. The quantitative estimate of drug-likeness (QED) is 0.320. The second kappa shape index (κ2) is 14.1. The summed E-state index contributed by atoms with van der Waals surface area (Å²) in [5.74, 6) is -0.967. The number of sulfonamides is 1. The van der Waals surface area contributed by atoms with Crippen molar-refractivity contribution in [3.63, 3.8) is 0 Å². The smallest absolute Gasteiger partial charge is 0.243 e. The summed E-state index contributed by atoms with van der Waals surface area (Å²) in [6.45, 7) is 5.81. The van der Waals surface area contributed by atoms with Gasteiger partial charge >= 0.3 is 0 Å². The maximum absolute atomic E-state index is 13.8. The Kier molecular flexibility index (Phi) is 10.8. The number of amides is 2. The van der Waals surface area contributed by atoms with Gasteiger partial charge < -0.3 is 10.2 Å². The Labute approximate surface area is 237 Å². The van der Waals surface area contributed by atoms with Crippen LogP contribution in [0.15, 0.2) is 78.9 Å². The van der Waals surface area contributed by atoms with E-state index in [0.29, 0.717) is 17.7 Å². The third-order valence-corrected chi connectivity index (χ3v) is 7.60. The minimum Gasteiger partial charge on any atom is -0.352 e. The predicted octanol–water partition coefficient (Wildman–Crippen LogP) is 4.85. The Hall–Kier alpha value is -3.72. The van der Waals surface area contributed by atoms with Crippen molar-refractivity contribution < 1.29 is 22.4 Å². The van der Waals surface area contributed by atoms with Crippen LogP contribution in [0.3, 0.4) is 0 Å². The van der Waals surface area contributed by atoms with E-state index in [1.807, 2.05) is 57.2 Å². The molecule has 3 rings (SSSR count). The van der Waals surface area contributed by atoms with Crippen LogP contribution in [0.4, 0.5) is 10.1 Å². The summed E-state index contributed by atoms with van der Waals surface area (Å²) in [5.41, 5.74) is 3.04. The fraction of sp³-hybridized carbons (Fsp3) is 0.355. The Morgan fingerprint density at radius 1 is 0.925 bits per heavy atom. The average Bonchev–Trinajstić information content (AvgIpc) is 2.89. The van der Waals surface area contributed by atoms with Crippen molar-refractivity contribution in [1.29, 1.82) is 0 Å². The third-order valence-electron chi connectivity index (χ3n) is 6.41. The molecule has 7 nitrogen and oxygen atoms in total. The zero-order valence-corrected chi connectivity index (χ0v) is 24.3. The maximum Gasteiger partial charge on any atom is 0.243 e. The lowest BCUT2D eigenvalue weighted by atomic mass is 10.0. The Morgan fingerprint density at radius 2 is 1.60 bits per heavy atom. The molecule has 0 radical (unpaired) electrons. The molecule has 2 amide bonds. The van der Waals surface area contributed by atoms with Crippen LogP contribution < -0.4 is 9.62 Å². The average molecular weight is 568 g/mol. The van der Waals surface area contributed by atoms with Crippen molar-refractivity contribution in [2.24, 2.45) is 0 Å². The summed E-state index contributed by atoms with van der Waals surface area (Å²) in [5, 5.41) is 2.93. The number of aryl methyl sites for hydroxylation is 1. The van der Waals surface area contributed by atoms with Crippen LogP contribution in [0.25, 0.3) is 0 Å². The number of nitrogens with one attached hydrogen (secondary N) is 1. The summed E-state index contributed by atoms with van der Waals surface area (Å²) in [7, 11) is -3.58. The van der Waals surface area contributed by atoms with Crippen LogP contribution in [-0.2, 0) is 32.6 Å². The van der Waals surface area contributed by atoms with Crippen molar-refractivity contribution in [2.45, 2.75) is 58.7 Å². The zero-order chi connectivity index (χ0) is 29.3. The van der Waals surface area contributed by atoms with Crippen molar-refractivity contribution >= 4 is 27.5 Å². The Morgan fingerprint density at radius 3 is 2.20 bits per heavy atom. The molecule has 214 valence electrons. The van der Waals surface area contributed by atoms with Gasteiger partial charge in [0.25, 0.3) is 0 Å². The van der Waals surface area contributed by atoms with E-state index in [9.17, 15) is 22.4 Å². The van der Waals surface area contributed by atoms with Crippen LogP contribution in [0.1, 0.15) is 43.4 Å². The number of halogens is 1. The van der Waals surface area contributed by atoms with E-state index in [4.69, 9.17) is 0 Å². The van der Waals surface area contributed by atoms with E-state index in [0.717, 1.165) is 17.4 Å². The van der Waals surface area contributed by atoms with Gasteiger partial charge in [0, 0.05) is 32.0 Å². The number of hydrogen-bond donors (Lipinski definition) is 1. The third kappa shape index (κ3) is 9.19. The molecule has 0 aliphatic heterocycles. The van der Waals surface area contributed by atoms with E-state index in [-0.39, 0.29) is 43.8 Å². The second-order valence-electron chi connectivity index (χ2n) is 10.3. The fourth-order valence-electron chi connectivity index (χ4n) is 4.51. The first-order chi connectivity index (χ1) is 18.9. The summed E-state index contributed by atoms with van der Waals surface area (Å²) in [6.07, 6.45) is 1.72. The molecule has 40 heavy (non-hydrogen) atoms. The molecular weight excluding hydrogens is 529 g/mol. The molecule has 1 N–H and O–H groups in total. The van der Waals surface area contributed by atoms with Crippen molar-refractivity contribution in [3.05, 3.63) is 101 Å². The number of carbonyl (C=O) groups excluding carboxylic acids is 2. The molecule has 0 fully saturated rings. The Balaban J connectivity index is 1.87. The summed E-state index contributed by atoms with van der Waals surface area (Å²) >= 11 is 0. The van der Waals surface area contributed by atoms with Gasteiger partial charge in [-0.05, 0) is 68.1 Å². The lowest BCUT2D eigenvalue weighted by Gasteiger charge is -2.32. The van der Waals surface area contributed by atoms with Gasteiger partial charge in [-0.2, -0.15) is 0 Å². The molecule has 0 aliphatic rings. The van der Waals surface area contributed by atoms with Gasteiger partial charge in [-0.1, -0.05) is 54.6 Å². The first-order valence-corrected chi connectivity index (χ1v) is 15.2. The molecule has 0 spiro atoms. The summed E-state index contributed by atoms with van der Waals surface area (Å²) in [6, 6.07) is 21.5. The van der Waals surface area contributed by atoms with Gasteiger partial charge in [0.15, 0.2) is 0 Å². The second-order valence-corrected chi connectivity index (χ2v) is 12.2. The summed E-state index contributed by atoms with van der Waals surface area (Å²) < 4.78 is 40.0. The lowest BCUT2D eigenvalue weighted by molar-refractivity contribution is -0.141. The molecule has 0 aromatic heterocycles. The standard InChI is InChI=1S/C31H38FN3O4S/c1-23(2)33-31(37)29(21-25-11-6-5-7-12-25)34(22-26-15-17-27(32)18-16-26)30(36)14-9-19-35(40(4,38)39)28-13-8-10-24(3)20-28/h5-8,10-13,15-18,20,23,29H,9,14,19,21-22H2,1-4H3,(H,33,37)/t29-/m1/s1. The molecule has 3 aromatic carbocycles. The van der Waals surface area contributed by atoms with Crippen molar-refractivity contribution in [1.82, 2.24) is 10.2 Å². The number of rotatable bonds is 13. The first kappa shape index (κ1) is 30.8. The topological polar surface area (TPSA) is 86.8 Å². The Bertz CT molecular complexity index is 1380. The minimum absolute atomic E-state index is 0.0271. The van der Waals surface area contributed by atoms with Gasteiger partial charge in [0.1, 0.15) is 11.9 Å². The van der Waals surface area contributed by atoms with Crippen LogP contribution in [0.2, 0.25) is 0 Å². The van der Waals surface area contributed by atoms with Gasteiger partial charge in [-0.3, -0.25) is 13.9 Å². The molecule has 0 saturated carbocycles. The van der Waals surface area contributed by atoms with Gasteiger partial charge in [-0.25, -0.2) is 12.8 Å². The predicted molar refractivity (Wildman–Crippen MR) is 157 cm³/mol. The molecule has 0 heterocycles. The van der Waals surface area contributed by atoms with Crippen LogP contribution in [0.5, 0.6) is 0 Å². The first-order valence-electron chi connectivity index (χ1n) is 13.4. The largest absolute Gasteiger partial charge is 0.352 e. The lowest BCUT2D eigenvalue weighted by Crippen LogP contribution is -2.51. The molecule has 0 unspecified atom stereocenters. The van der Waals surface area contributed by atoms with Crippen LogP contribution in [-0.4, -0.2) is 50.0 Å². The van der Waals surface area contributed by atoms with Crippen molar-refractivity contribution in [2.75, 3.05) is 17.1 Å². The van der Waals surface area contributed by atoms with Gasteiger partial charge in [0.05, 0.1) is 11.9 Å². The summed E-state index contributed by atoms with van der Waals surface area (Å²) in [4.78, 5) is 28.7. The highest BCUT2D eigenvalue weighted by Gasteiger charge is 2.31. The molecule has 0 saturated heterocycles. The molecular formula is C31H38FN3O4S. The zero-order valence-electron chi connectivity index (χ0n) is 23.5. The van der Waals surface area contributed by atoms with Crippen LogP contribution in [0, 0.1) is 12.7 Å². The molecule has 0 bridgehead atoms. The van der Waals surface area contributed by atoms with Crippen molar-refractivity contribution in [3.8, 4) is 0 Å². The van der Waals surface area contributed by atoms with Crippen LogP contribution >= 0.6 is 0 Å². The number of benzene rings is 3. The monoisotopic (exact) mass is 567 g/mol. The maximum atomic E-state index is 13.8. The van der Waals surface area contributed by atoms with E-state index in [1.165, 1.54) is 21.3 Å². The highest BCUT2D eigenvalue weighted by molar-refractivity contribution is 7.92. The number of nitrogens with zero attached hydrogens (tertiary/aromatic N) is 2. The fourth-order valence-corrected chi connectivity index (χ4v) is 5.47.